The van der Waals surface area contributed by atoms with Crippen LogP contribution in [0.25, 0.3) is 0 Å². The SMILES string of the molecule is CC(C)(C)OCCN1CCNC(c2ccccc2)C1. The van der Waals surface area contributed by atoms with Crippen molar-refractivity contribution in [3.63, 3.8) is 0 Å². The molecule has 0 aliphatic carbocycles. The molecule has 19 heavy (non-hydrogen) atoms. The maximum Gasteiger partial charge on any atom is 0.0600 e. The maximum absolute atomic E-state index is 5.81. The fraction of sp³-hybridized carbons (Fsp3) is 0.625. The Balaban J connectivity index is 1.81. The molecule has 0 spiro atoms. The first-order valence-electron chi connectivity index (χ1n) is 7.19. The number of piperazine rings is 1. The zero-order valence-corrected chi connectivity index (χ0v) is 12.4. The molecule has 3 heteroatoms. The minimum Gasteiger partial charge on any atom is -0.375 e. The zero-order chi connectivity index (χ0) is 13.7. The first-order chi connectivity index (χ1) is 9.04. The van der Waals surface area contributed by atoms with Gasteiger partial charge in [0.1, 0.15) is 0 Å². The van der Waals surface area contributed by atoms with E-state index in [1.807, 2.05) is 0 Å². The molecule has 2 rings (SSSR count). The molecule has 1 heterocycles. The Morgan fingerprint density at radius 3 is 2.68 bits per heavy atom. The number of ether oxygens (including phenoxy) is 1. The molecule has 106 valence electrons. The molecule has 1 unspecified atom stereocenters. The van der Waals surface area contributed by atoms with Crippen molar-refractivity contribution in [2.75, 3.05) is 32.8 Å². The van der Waals surface area contributed by atoms with E-state index in [9.17, 15) is 0 Å². The van der Waals surface area contributed by atoms with Gasteiger partial charge in [0.25, 0.3) is 0 Å². The van der Waals surface area contributed by atoms with Gasteiger partial charge >= 0.3 is 0 Å². The number of nitrogens with zero attached hydrogens (tertiary/aromatic N) is 1. The minimum absolute atomic E-state index is 0.0349. The predicted molar refractivity (Wildman–Crippen MR) is 79.3 cm³/mol. The van der Waals surface area contributed by atoms with Crippen LogP contribution in [0.5, 0.6) is 0 Å². The van der Waals surface area contributed by atoms with Crippen LogP contribution < -0.4 is 5.32 Å². The standard InChI is InChI=1S/C16H26N2O/c1-16(2,3)19-12-11-18-10-9-17-15(13-18)14-7-5-4-6-8-14/h4-8,15,17H,9-13H2,1-3H3. The summed E-state index contributed by atoms with van der Waals surface area (Å²) in [6, 6.07) is 11.1. The Kier molecular flexibility index (Phi) is 4.97. The maximum atomic E-state index is 5.81. The third kappa shape index (κ3) is 4.94. The van der Waals surface area contributed by atoms with E-state index in [-0.39, 0.29) is 5.60 Å². The van der Waals surface area contributed by atoms with E-state index in [1.165, 1.54) is 5.56 Å². The fourth-order valence-corrected chi connectivity index (χ4v) is 2.40. The largest absolute Gasteiger partial charge is 0.375 e. The Morgan fingerprint density at radius 1 is 1.26 bits per heavy atom. The monoisotopic (exact) mass is 262 g/mol. The van der Waals surface area contributed by atoms with Gasteiger partial charge in [-0.25, -0.2) is 0 Å². The van der Waals surface area contributed by atoms with Crippen LogP contribution in [0.1, 0.15) is 32.4 Å². The van der Waals surface area contributed by atoms with E-state index >= 15 is 0 Å². The number of benzene rings is 1. The minimum atomic E-state index is -0.0349. The van der Waals surface area contributed by atoms with Gasteiger partial charge in [-0.15, -0.1) is 0 Å². The van der Waals surface area contributed by atoms with Gasteiger partial charge in [0.15, 0.2) is 0 Å². The lowest BCUT2D eigenvalue weighted by Crippen LogP contribution is -2.47. The normalized spacial score (nSPS) is 21.5. The van der Waals surface area contributed by atoms with E-state index < -0.39 is 0 Å². The van der Waals surface area contributed by atoms with Crippen molar-refractivity contribution >= 4 is 0 Å². The van der Waals surface area contributed by atoms with Crippen molar-refractivity contribution < 1.29 is 4.74 Å². The highest BCUT2D eigenvalue weighted by Crippen LogP contribution is 2.17. The highest BCUT2D eigenvalue weighted by atomic mass is 16.5. The quantitative estimate of drug-likeness (QED) is 0.902. The van der Waals surface area contributed by atoms with Gasteiger partial charge in [0.2, 0.25) is 0 Å². The lowest BCUT2D eigenvalue weighted by molar-refractivity contribution is -0.0156. The second kappa shape index (κ2) is 6.51. The lowest BCUT2D eigenvalue weighted by Gasteiger charge is -2.34. The molecule has 1 aliphatic heterocycles. The van der Waals surface area contributed by atoms with Gasteiger partial charge in [-0.2, -0.15) is 0 Å². The zero-order valence-electron chi connectivity index (χ0n) is 12.4. The predicted octanol–water partition coefficient (Wildman–Crippen LogP) is 2.45. The summed E-state index contributed by atoms with van der Waals surface area (Å²) < 4.78 is 5.81. The van der Waals surface area contributed by atoms with E-state index in [4.69, 9.17) is 4.74 Å². The van der Waals surface area contributed by atoms with Crippen LogP contribution >= 0.6 is 0 Å². The highest BCUT2D eigenvalue weighted by molar-refractivity contribution is 5.19. The molecular formula is C16H26N2O. The Hall–Kier alpha value is -0.900. The van der Waals surface area contributed by atoms with Gasteiger partial charge in [-0.3, -0.25) is 4.90 Å². The molecule has 0 radical (unpaired) electrons. The van der Waals surface area contributed by atoms with Crippen LogP contribution in [0.4, 0.5) is 0 Å². The molecular weight excluding hydrogens is 236 g/mol. The van der Waals surface area contributed by atoms with Crippen LogP contribution in [0.2, 0.25) is 0 Å². The Morgan fingerprint density at radius 2 is 2.00 bits per heavy atom. The van der Waals surface area contributed by atoms with E-state index in [0.29, 0.717) is 6.04 Å². The third-order valence-corrected chi connectivity index (χ3v) is 3.40. The van der Waals surface area contributed by atoms with E-state index in [2.05, 4.69) is 61.3 Å². The fourth-order valence-electron chi connectivity index (χ4n) is 2.40. The summed E-state index contributed by atoms with van der Waals surface area (Å²) in [4.78, 5) is 2.49. The molecule has 1 aliphatic rings. The van der Waals surface area contributed by atoms with Crippen LogP contribution in [0.15, 0.2) is 30.3 Å². The van der Waals surface area contributed by atoms with Gasteiger partial charge < -0.3 is 10.1 Å². The molecule has 1 fully saturated rings. The van der Waals surface area contributed by atoms with Gasteiger partial charge in [-0.05, 0) is 26.3 Å². The molecule has 1 saturated heterocycles. The second-order valence-corrected chi connectivity index (χ2v) is 6.18. The summed E-state index contributed by atoms with van der Waals surface area (Å²) >= 11 is 0. The Labute approximate surface area is 116 Å². The molecule has 0 aromatic heterocycles. The van der Waals surface area contributed by atoms with Crippen LogP contribution in [-0.4, -0.2) is 43.3 Å². The number of hydrogen-bond donors (Lipinski definition) is 1. The summed E-state index contributed by atoms with van der Waals surface area (Å²) in [5.41, 5.74) is 1.34. The summed E-state index contributed by atoms with van der Waals surface area (Å²) in [5.74, 6) is 0. The first-order valence-corrected chi connectivity index (χ1v) is 7.19. The van der Waals surface area contributed by atoms with E-state index in [1.54, 1.807) is 0 Å². The van der Waals surface area contributed by atoms with Crippen molar-refractivity contribution in [1.29, 1.82) is 0 Å². The summed E-state index contributed by atoms with van der Waals surface area (Å²) in [6.07, 6.45) is 0. The average molecular weight is 262 g/mol. The molecule has 1 aromatic rings. The van der Waals surface area contributed by atoms with Gasteiger partial charge in [-0.1, -0.05) is 30.3 Å². The van der Waals surface area contributed by atoms with Crippen molar-refractivity contribution in [2.45, 2.75) is 32.4 Å². The first kappa shape index (κ1) is 14.5. The molecule has 0 saturated carbocycles. The molecule has 1 aromatic carbocycles. The van der Waals surface area contributed by atoms with Crippen LogP contribution in [-0.2, 0) is 4.74 Å². The topological polar surface area (TPSA) is 24.5 Å². The molecule has 0 bridgehead atoms. The molecule has 3 nitrogen and oxygen atoms in total. The number of hydrogen-bond acceptors (Lipinski definition) is 3. The van der Waals surface area contributed by atoms with Gasteiger partial charge in [0.05, 0.1) is 12.2 Å². The summed E-state index contributed by atoms with van der Waals surface area (Å²) in [6.45, 7) is 11.4. The second-order valence-electron chi connectivity index (χ2n) is 6.18. The smallest absolute Gasteiger partial charge is 0.0600 e. The van der Waals surface area contributed by atoms with Crippen LogP contribution in [0.3, 0.4) is 0 Å². The third-order valence-electron chi connectivity index (χ3n) is 3.40. The Bertz CT molecular complexity index is 372. The van der Waals surface area contributed by atoms with Crippen molar-refractivity contribution in [3.05, 3.63) is 35.9 Å². The van der Waals surface area contributed by atoms with Crippen molar-refractivity contribution in [1.82, 2.24) is 10.2 Å². The highest BCUT2D eigenvalue weighted by Gasteiger charge is 2.20. The summed E-state index contributed by atoms with van der Waals surface area (Å²) in [5, 5.41) is 3.59. The molecule has 0 amide bonds. The van der Waals surface area contributed by atoms with Crippen LogP contribution in [0, 0.1) is 0 Å². The van der Waals surface area contributed by atoms with Crippen molar-refractivity contribution in [3.8, 4) is 0 Å². The average Bonchev–Trinajstić information content (AvgIpc) is 2.39. The van der Waals surface area contributed by atoms with E-state index in [0.717, 1.165) is 32.8 Å². The summed E-state index contributed by atoms with van der Waals surface area (Å²) in [7, 11) is 0. The molecule has 1 atom stereocenters. The number of nitrogens with one attached hydrogen (secondary N) is 1. The number of rotatable bonds is 4. The van der Waals surface area contributed by atoms with Crippen molar-refractivity contribution in [2.24, 2.45) is 0 Å². The lowest BCUT2D eigenvalue weighted by atomic mass is 10.0. The van der Waals surface area contributed by atoms with Gasteiger partial charge in [0, 0.05) is 32.2 Å². The molecule has 1 N–H and O–H groups in total.